The number of hydrogen-bond acceptors (Lipinski definition) is 4. The summed E-state index contributed by atoms with van der Waals surface area (Å²) < 4.78 is 6.48. The molecule has 0 aliphatic heterocycles. The topological polar surface area (TPSA) is 96.9 Å². The molecule has 0 aliphatic rings. The van der Waals surface area contributed by atoms with Crippen molar-refractivity contribution in [2.24, 2.45) is 0 Å². The maximum absolute atomic E-state index is 13.2. The molecule has 7 nitrogen and oxygen atoms in total. The molecule has 0 saturated carbocycles. The lowest BCUT2D eigenvalue weighted by Crippen LogP contribution is -2.18. The quantitative estimate of drug-likeness (QED) is 0.301. The van der Waals surface area contributed by atoms with Crippen LogP contribution in [0.3, 0.4) is 0 Å². The number of nitrogens with zero attached hydrogens (tertiary/aromatic N) is 1. The number of rotatable bonds is 5. The van der Waals surface area contributed by atoms with Gasteiger partial charge in [0.2, 0.25) is 0 Å². The molecule has 0 unspecified atom stereocenters. The number of aryl methyl sites for hydroxylation is 1. The number of benzene rings is 3. The molecule has 34 heavy (non-hydrogen) atoms. The second-order valence-corrected chi connectivity index (χ2v) is 7.90. The van der Waals surface area contributed by atoms with E-state index in [4.69, 9.17) is 4.74 Å². The lowest BCUT2D eigenvalue weighted by molar-refractivity contribution is 0.0600. The van der Waals surface area contributed by atoms with E-state index in [2.05, 4.69) is 9.97 Å². The zero-order valence-electron chi connectivity index (χ0n) is 18.6. The molecule has 2 heterocycles. The van der Waals surface area contributed by atoms with Gasteiger partial charge < -0.3 is 14.7 Å². The third-order valence-corrected chi connectivity index (χ3v) is 5.82. The van der Waals surface area contributed by atoms with Crippen molar-refractivity contribution in [2.75, 3.05) is 7.11 Å². The summed E-state index contributed by atoms with van der Waals surface area (Å²) in [6.07, 6.45) is 0. The van der Waals surface area contributed by atoms with Gasteiger partial charge >= 0.3 is 11.7 Å². The molecule has 0 spiro atoms. The van der Waals surface area contributed by atoms with E-state index >= 15 is 0 Å². The fourth-order valence-electron chi connectivity index (χ4n) is 4.23. The van der Waals surface area contributed by atoms with E-state index < -0.39 is 11.7 Å². The monoisotopic (exact) mass is 451 g/mol. The van der Waals surface area contributed by atoms with Crippen LogP contribution in [0.2, 0.25) is 0 Å². The summed E-state index contributed by atoms with van der Waals surface area (Å²) in [7, 11) is 1.31. The third kappa shape index (κ3) is 3.44. The standard InChI is InChI=1S/C27H21N3O4/c1-16-22(26(32)34-2)24(23(28-16)17-9-5-3-6-10-17)30-21-14-13-19(15-20(21)29-27(30)33)25(31)18-11-7-4-8-12-18/h3-15,28H,1-2H3,(H,29,33). The summed E-state index contributed by atoms with van der Waals surface area (Å²) in [5.74, 6) is -0.697. The first-order chi connectivity index (χ1) is 16.5. The Morgan fingerprint density at radius 3 is 2.21 bits per heavy atom. The Labute approximate surface area is 194 Å². The molecule has 7 heteroatoms. The summed E-state index contributed by atoms with van der Waals surface area (Å²) in [6, 6.07) is 23.4. The average Bonchev–Trinajstić information content (AvgIpc) is 3.38. The summed E-state index contributed by atoms with van der Waals surface area (Å²) in [6.45, 7) is 1.76. The van der Waals surface area contributed by atoms with E-state index in [9.17, 15) is 14.4 Å². The zero-order valence-corrected chi connectivity index (χ0v) is 18.6. The fourth-order valence-corrected chi connectivity index (χ4v) is 4.23. The molecule has 0 bridgehead atoms. The van der Waals surface area contributed by atoms with Gasteiger partial charge in [-0.05, 0) is 25.1 Å². The summed E-state index contributed by atoms with van der Waals surface area (Å²) in [5.41, 5.74) is 4.29. The highest BCUT2D eigenvalue weighted by molar-refractivity contribution is 6.10. The van der Waals surface area contributed by atoms with E-state index in [-0.39, 0.29) is 11.3 Å². The van der Waals surface area contributed by atoms with E-state index in [1.54, 1.807) is 49.4 Å². The maximum atomic E-state index is 13.2. The number of fused-ring (bicyclic) bond motifs is 1. The first-order valence-corrected chi connectivity index (χ1v) is 10.7. The van der Waals surface area contributed by atoms with Crippen molar-refractivity contribution >= 4 is 22.8 Å². The minimum Gasteiger partial charge on any atom is -0.465 e. The number of aromatic amines is 2. The fraction of sp³-hybridized carbons (Fsp3) is 0.0741. The Hall–Kier alpha value is -4.65. The number of nitrogens with one attached hydrogen (secondary N) is 2. The maximum Gasteiger partial charge on any atom is 0.341 e. The number of esters is 1. The van der Waals surface area contributed by atoms with Gasteiger partial charge in [0.05, 0.1) is 29.5 Å². The number of imidazole rings is 1. The highest BCUT2D eigenvalue weighted by Gasteiger charge is 2.27. The Balaban J connectivity index is 1.74. The summed E-state index contributed by atoms with van der Waals surface area (Å²) in [4.78, 5) is 44.9. The minimum absolute atomic E-state index is 0.145. The molecule has 0 aliphatic carbocycles. The number of ketones is 1. The van der Waals surface area contributed by atoms with Crippen molar-refractivity contribution in [1.82, 2.24) is 14.5 Å². The van der Waals surface area contributed by atoms with Gasteiger partial charge in [0, 0.05) is 22.4 Å². The van der Waals surface area contributed by atoms with Gasteiger partial charge in [-0.2, -0.15) is 0 Å². The summed E-state index contributed by atoms with van der Waals surface area (Å²) in [5, 5.41) is 0. The second-order valence-electron chi connectivity index (χ2n) is 7.90. The molecular weight excluding hydrogens is 430 g/mol. The van der Waals surface area contributed by atoms with Crippen molar-refractivity contribution in [3.8, 4) is 16.9 Å². The Kier molecular flexibility index (Phi) is 5.22. The van der Waals surface area contributed by atoms with Gasteiger partial charge in [-0.3, -0.25) is 9.36 Å². The molecule has 5 aromatic rings. The van der Waals surface area contributed by atoms with Crippen molar-refractivity contribution in [3.63, 3.8) is 0 Å². The molecule has 3 aromatic carbocycles. The van der Waals surface area contributed by atoms with Gasteiger partial charge in [0.1, 0.15) is 5.56 Å². The number of aromatic nitrogens is 3. The molecule has 0 fully saturated rings. The second kappa shape index (κ2) is 8.37. The van der Waals surface area contributed by atoms with Crippen LogP contribution in [0.4, 0.5) is 0 Å². The van der Waals surface area contributed by atoms with Crippen LogP contribution in [0, 0.1) is 6.92 Å². The van der Waals surface area contributed by atoms with Gasteiger partial charge in [-0.25, -0.2) is 9.59 Å². The molecule has 0 amide bonds. The largest absolute Gasteiger partial charge is 0.465 e. The van der Waals surface area contributed by atoms with E-state index in [1.165, 1.54) is 11.7 Å². The number of methoxy groups -OCH3 is 1. The number of ether oxygens (including phenoxy) is 1. The molecule has 0 radical (unpaired) electrons. The molecule has 5 rings (SSSR count). The van der Waals surface area contributed by atoms with Crippen LogP contribution in [-0.4, -0.2) is 33.4 Å². The normalized spacial score (nSPS) is 11.0. The number of hydrogen-bond donors (Lipinski definition) is 2. The molecule has 0 saturated heterocycles. The average molecular weight is 451 g/mol. The number of carbonyl (C=O) groups is 2. The zero-order chi connectivity index (χ0) is 23.8. The van der Waals surface area contributed by atoms with E-state index in [1.807, 2.05) is 36.4 Å². The van der Waals surface area contributed by atoms with Crippen molar-refractivity contribution in [1.29, 1.82) is 0 Å². The van der Waals surface area contributed by atoms with Crippen LogP contribution >= 0.6 is 0 Å². The number of H-pyrrole nitrogens is 2. The first kappa shape index (κ1) is 21.2. The Morgan fingerprint density at radius 2 is 1.53 bits per heavy atom. The minimum atomic E-state index is -0.553. The lowest BCUT2D eigenvalue weighted by atomic mass is 10.0. The number of carbonyl (C=O) groups excluding carboxylic acids is 2. The molecule has 2 aromatic heterocycles. The van der Waals surface area contributed by atoms with Crippen LogP contribution in [0.25, 0.3) is 28.0 Å². The summed E-state index contributed by atoms with van der Waals surface area (Å²) >= 11 is 0. The molecular formula is C27H21N3O4. The van der Waals surface area contributed by atoms with Crippen LogP contribution in [0.1, 0.15) is 32.0 Å². The van der Waals surface area contributed by atoms with Crippen LogP contribution in [0.5, 0.6) is 0 Å². The van der Waals surface area contributed by atoms with Gasteiger partial charge in [-0.1, -0.05) is 60.7 Å². The highest BCUT2D eigenvalue weighted by atomic mass is 16.5. The van der Waals surface area contributed by atoms with E-state index in [0.717, 1.165) is 5.56 Å². The van der Waals surface area contributed by atoms with Crippen molar-refractivity contribution in [3.05, 3.63) is 112 Å². The Morgan fingerprint density at radius 1 is 0.853 bits per heavy atom. The van der Waals surface area contributed by atoms with Crippen molar-refractivity contribution in [2.45, 2.75) is 6.92 Å². The lowest BCUT2D eigenvalue weighted by Gasteiger charge is -2.09. The van der Waals surface area contributed by atoms with Gasteiger partial charge in [0.15, 0.2) is 5.78 Å². The van der Waals surface area contributed by atoms with Crippen molar-refractivity contribution < 1.29 is 14.3 Å². The van der Waals surface area contributed by atoms with Gasteiger partial charge in [0.25, 0.3) is 0 Å². The van der Waals surface area contributed by atoms with Crippen LogP contribution in [0.15, 0.2) is 83.7 Å². The smallest absolute Gasteiger partial charge is 0.341 e. The SMILES string of the molecule is COC(=O)c1c(C)[nH]c(-c2ccccc2)c1-n1c(=O)[nH]c2cc(C(=O)c3ccccc3)ccc21. The molecule has 168 valence electrons. The van der Waals surface area contributed by atoms with Crippen LogP contribution < -0.4 is 5.69 Å². The highest BCUT2D eigenvalue weighted by Crippen LogP contribution is 2.33. The third-order valence-electron chi connectivity index (χ3n) is 5.82. The first-order valence-electron chi connectivity index (χ1n) is 10.7. The predicted octanol–water partition coefficient (Wildman–Crippen LogP) is 4.64. The predicted molar refractivity (Wildman–Crippen MR) is 130 cm³/mol. The van der Waals surface area contributed by atoms with Crippen LogP contribution in [-0.2, 0) is 4.74 Å². The Bertz CT molecular complexity index is 1590. The molecule has 2 N–H and O–H groups in total. The van der Waals surface area contributed by atoms with E-state index in [0.29, 0.717) is 39.2 Å². The molecule has 0 atom stereocenters. The van der Waals surface area contributed by atoms with Gasteiger partial charge in [-0.15, -0.1) is 0 Å².